The van der Waals surface area contributed by atoms with Crippen LogP contribution in [0, 0.1) is 20.8 Å². The predicted molar refractivity (Wildman–Crippen MR) is 79.9 cm³/mol. The molecule has 0 amide bonds. The molecular weight excluding hydrogens is 252 g/mol. The van der Waals surface area contributed by atoms with Gasteiger partial charge in [-0.2, -0.15) is 0 Å². The van der Waals surface area contributed by atoms with Crippen molar-refractivity contribution in [3.8, 4) is 0 Å². The Labute approximate surface area is 119 Å². The Morgan fingerprint density at radius 2 is 1.95 bits per heavy atom. The maximum absolute atomic E-state index is 11.6. The molecule has 0 radical (unpaired) electrons. The summed E-state index contributed by atoms with van der Waals surface area (Å²) in [6.07, 6.45) is 1.69. The molecule has 0 bridgehead atoms. The van der Waals surface area contributed by atoms with Crippen LogP contribution in [-0.4, -0.2) is 25.0 Å². The summed E-state index contributed by atoms with van der Waals surface area (Å²) in [6.45, 7) is 8.76. The zero-order valence-electron chi connectivity index (χ0n) is 12.4. The summed E-state index contributed by atoms with van der Waals surface area (Å²) < 4.78 is 4.97. The second-order valence-corrected chi connectivity index (χ2v) is 4.97. The van der Waals surface area contributed by atoms with E-state index in [1.54, 1.807) is 13.1 Å². The molecule has 1 aromatic rings. The first-order valence-corrected chi connectivity index (χ1v) is 6.78. The fraction of sp³-hybridized carbons (Fsp3) is 0.375. The van der Waals surface area contributed by atoms with Crippen LogP contribution in [0.15, 0.2) is 28.9 Å². The Bertz CT molecular complexity index is 577. The standard InChI is InChI=1S/C16H20N2O2/c1-5-20-16(19)13-8-17-15(18-9-13)14-11(3)6-10(2)7-12(14)4/h6-8H,5,9H2,1-4H3,(H,17,18). The van der Waals surface area contributed by atoms with Gasteiger partial charge in [0.1, 0.15) is 5.84 Å². The number of nitrogens with zero attached hydrogens (tertiary/aromatic N) is 1. The minimum atomic E-state index is -0.305. The van der Waals surface area contributed by atoms with Crippen LogP contribution in [0.4, 0.5) is 0 Å². The topological polar surface area (TPSA) is 50.7 Å². The lowest BCUT2D eigenvalue weighted by Gasteiger charge is -2.18. The first kappa shape index (κ1) is 14.3. The molecule has 106 valence electrons. The van der Waals surface area contributed by atoms with Gasteiger partial charge in [-0.3, -0.25) is 4.99 Å². The normalized spacial score (nSPS) is 14.2. The van der Waals surface area contributed by atoms with Gasteiger partial charge in [-0.05, 0) is 38.8 Å². The summed E-state index contributed by atoms with van der Waals surface area (Å²) in [6, 6.07) is 4.27. The number of hydrogen-bond donors (Lipinski definition) is 1. The monoisotopic (exact) mass is 272 g/mol. The Balaban J connectivity index is 2.21. The maximum Gasteiger partial charge on any atom is 0.337 e. The SMILES string of the molecule is CCOC(=O)C1=CNC(c2c(C)cc(C)cc2C)=NC1. The quantitative estimate of drug-likeness (QED) is 0.860. The zero-order valence-corrected chi connectivity index (χ0v) is 12.4. The van der Waals surface area contributed by atoms with Crippen LogP contribution >= 0.6 is 0 Å². The number of aryl methyl sites for hydroxylation is 3. The van der Waals surface area contributed by atoms with Crippen molar-refractivity contribution in [1.29, 1.82) is 0 Å². The van der Waals surface area contributed by atoms with Crippen molar-refractivity contribution in [3.05, 3.63) is 46.2 Å². The summed E-state index contributed by atoms with van der Waals surface area (Å²) in [5.74, 6) is 0.508. The predicted octanol–water partition coefficient (Wildman–Crippen LogP) is 2.41. The molecule has 0 atom stereocenters. The Morgan fingerprint density at radius 1 is 1.30 bits per heavy atom. The van der Waals surface area contributed by atoms with Crippen molar-refractivity contribution in [2.24, 2.45) is 4.99 Å². The highest BCUT2D eigenvalue weighted by atomic mass is 16.5. The molecule has 20 heavy (non-hydrogen) atoms. The average Bonchev–Trinajstić information content (AvgIpc) is 2.38. The number of aliphatic imine (C=N–C) groups is 1. The smallest absolute Gasteiger partial charge is 0.337 e. The molecule has 0 saturated carbocycles. The molecule has 1 heterocycles. The third-order valence-corrected chi connectivity index (χ3v) is 3.24. The number of benzene rings is 1. The van der Waals surface area contributed by atoms with Gasteiger partial charge in [0.05, 0.1) is 18.7 Å². The highest BCUT2D eigenvalue weighted by molar-refractivity contribution is 6.04. The van der Waals surface area contributed by atoms with E-state index in [9.17, 15) is 4.79 Å². The molecule has 1 aliphatic heterocycles. The lowest BCUT2D eigenvalue weighted by atomic mass is 9.98. The van der Waals surface area contributed by atoms with Gasteiger partial charge in [0, 0.05) is 11.8 Å². The molecule has 0 fully saturated rings. The molecule has 0 aromatic heterocycles. The van der Waals surface area contributed by atoms with Gasteiger partial charge in [0.15, 0.2) is 0 Å². The van der Waals surface area contributed by atoms with Crippen LogP contribution in [0.3, 0.4) is 0 Å². The van der Waals surface area contributed by atoms with Gasteiger partial charge >= 0.3 is 5.97 Å². The number of carbonyl (C=O) groups is 1. The fourth-order valence-corrected chi connectivity index (χ4v) is 2.46. The first-order chi connectivity index (χ1) is 9.52. The van der Waals surface area contributed by atoms with E-state index < -0.39 is 0 Å². The Morgan fingerprint density at radius 3 is 2.45 bits per heavy atom. The van der Waals surface area contributed by atoms with E-state index in [-0.39, 0.29) is 5.97 Å². The minimum absolute atomic E-state index is 0.305. The number of rotatable bonds is 3. The van der Waals surface area contributed by atoms with Crippen molar-refractivity contribution >= 4 is 11.8 Å². The molecule has 1 N–H and O–H groups in total. The Kier molecular flexibility index (Phi) is 4.23. The number of nitrogens with one attached hydrogen (secondary N) is 1. The molecule has 1 aromatic carbocycles. The summed E-state index contributed by atoms with van der Waals surface area (Å²) in [5.41, 5.74) is 5.26. The second kappa shape index (κ2) is 5.90. The lowest BCUT2D eigenvalue weighted by molar-refractivity contribution is -0.138. The van der Waals surface area contributed by atoms with E-state index in [4.69, 9.17) is 4.74 Å². The number of esters is 1. The molecule has 0 spiro atoms. The Hall–Kier alpha value is -2.10. The van der Waals surface area contributed by atoms with Crippen molar-refractivity contribution in [3.63, 3.8) is 0 Å². The summed E-state index contributed by atoms with van der Waals surface area (Å²) >= 11 is 0. The van der Waals surface area contributed by atoms with E-state index in [2.05, 4.69) is 43.2 Å². The summed E-state index contributed by atoms with van der Waals surface area (Å²) in [4.78, 5) is 16.1. The highest BCUT2D eigenvalue weighted by Gasteiger charge is 2.17. The van der Waals surface area contributed by atoms with Gasteiger partial charge in [-0.1, -0.05) is 17.7 Å². The van der Waals surface area contributed by atoms with Crippen molar-refractivity contribution in [2.75, 3.05) is 13.2 Å². The molecule has 0 saturated heterocycles. The van der Waals surface area contributed by atoms with Gasteiger partial charge in [-0.25, -0.2) is 4.79 Å². The van der Waals surface area contributed by atoms with Crippen molar-refractivity contribution < 1.29 is 9.53 Å². The average molecular weight is 272 g/mol. The summed E-state index contributed by atoms with van der Waals surface area (Å²) in [7, 11) is 0. The van der Waals surface area contributed by atoms with E-state index in [0.29, 0.717) is 18.7 Å². The van der Waals surface area contributed by atoms with Crippen LogP contribution < -0.4 is 5.32 Å². The number of ether oxygens (including phenoxy) is 1. The van der Waals surface area contributed by atoms with Crippen LogP contribution in [0.2, 0.25) is 0 Å². The fourth-order valence-electron chi connectivity index (χ4n) is 2.46. The molecule has 4 heteroatoms. The van der Waals surface area contributed by atoms with Crippen LogP contribution in [0.5, 0.6) is 0 Å². The first-order valence-electron chi connectivity index (χ1n) is 6.78. The van der Waals surface area contributed by atoms with Crippen molar-refractivity contribution in [1.82, 2.24) is 5.32 Å². The van der Waals surface area contributed by atoms with Crippen LogP contribution in [0.25, 0.3) is 0 Å². The third kappa shape index (κ3) is 2.90. The molecular formula is C16H20N2O2. The second-order valence-electron chi connectivity index (χ2n) is 4.97. The van der Waals surface area contributed by atoms with E-state index >= 15 is 0 Å². The number of hydrogen-bond acceptors (Lipinski definition) is 4. The highest BCUT2D eigenvalue weighted by Crippen LogP contribution is 2.18. The molecule has 0 unspecified atom stereocenters. The van der Waals surface area contributed by atoms with Gasteiger partial charge < -0.3 is 10.1 Å². The molecule has 4 nitrogen and oxygen atoms in total. The van der Waals surface area contributed by atoms with E-state index in [0.717, 1.165) is 11.4 Å². The van der Waals surface area contributed by atoms with E-state index in [1.807, 2.05) is 0 Å². The lowest BCUT2D eigenvalue weighted by Crippen LogP contribution is -2.28. The van der Waals surface area contributed by atoms with Crippen molar-refractivity contribution in [2.45, 2.75) is 27.7 Å². The largest absolute Gasteiger partial charge is 0.463 e. The van der Waals surface area contributed by atoms with Gasteiger partial charge in [0.2, 0.25) is 0 Å². The van der Waals surface area contributed by atoms with Crippen LogP contribution in [-0.2, 0) is 9.53 Å². The third-order valence-electron chi connectivity index (χ3n) is 3.24. The minimum Gasteiger partial charge on any atom is -0.463 e. The van der Waals surface area contributed by atoms with E-state index in [1.165, 1.54) is 16.7 Å². The number of carbonyl (C=O) groups excluding carboxylic acids is 1. The molecule has 0 aliphatic carbocycles. The van der Waals surface area contributed by atoms with Gasteiger partial charge in [-0.15, -0.1) is 0 Å². The summed E-state index contributed by atoms with van der Waals surface area (Å²) in [5, 5.41) is 3.11. The maximum atomic E-state index is 11.6. The number of amidine groups is 1. The molecule has 1 aliphatic rings. The van der Waals surface area contributed by atoms with Crippen LogP contribution in [0.1, 0.15) is 29.2 Å². The van der Waals surface area contributed by atoms with Gasteiger partial charge in [0.25, 0.3) is 0 Å². The zero-order chi connectivity index (χ0) is 14.7. The molecule has 2 rings (SSSR count).